The van der Waals surface area contributed by atoms with Gasteiger partial charge in [-0.15, -0.1) is 0 Å². The maximum absolute atomic E-state index is 12.1. The van der Waals surface area contributed by atoms with Gasteiger partial charge in [0.05, 0.1) is 0 Å². The van der Waals surface area contributed by atoms with E-state index in [4.69, 9.17) is 0 Å². The summed E-state index contributed by atoms with van der Waals surface area (Å²) in [4.78, 5) is 25.5. The molecule has 0 spiro atoms. The Kier molecular flexibility index (Phi) is 3.17. The van der Waals surface area contributed by atoms with Crippen molar-refractivity contribution in [1.29, 1.82) is 0 Å². The fourth-order valence-corrected chi connectivity index (χ4v) is 2.20. The topological polar surface area (TPSA) is 49.4 Å². The van der Waals surface area contributed by atoms with Gasteiger partial charge in [0.15, 0.2) is 0 Å². The van der Waals surface area contributed by atoms with Crippen LogP contribution < -0.4 is 5.32 Å². The summed E-state index contributed by atoms with van der Waals surface area (Å²) in [5.41, 5.74) is 0. The smallest absolute Gasteiger partial charge is 0.245 e. The number of piperazine rings is 1. The molecule has 0 aromatic heterocycles. The molecule has 0 bridgehead atoms. The molecule has 2 unspecified atom stereocenters. The minimum atomic E-state index is -0.303. The van der Waals surface area contributed by atoms with Crippen molar-refractivity contribution in [3.8, 4) is 0 Å². The first kappa shape index (κ1) is 11.4. The maximum Gasteiger partial charge on any atom is 0.245 e. The van der Waals surface area contributed by atoms with Crippen LogP contribution in [0.15, 0.2) is 0 Å². The Balaban J connectivity index is 1.99. The predicted molar refractivity (Wildman–Crippen MR) is 60.7 cm³/mol. The van der Waals surface area contributed by atoms with Gasteiger partial charge in [-0.25, -0.2) is 0 Å². The second-order valence-corrected chi connectivity index (χ2v) is 4.91. The van der Waals surface area contributed by atoms with Gasteiger partial charge < -0.3 is 10.2 Å². The molecule has 2 fully saturated rings. The predicted octanol–water partition coefficient (Wildman–Crippen LogP) is 0.912. The highest BCUT2D eigenvalue weighted by molar-refractivity contribution is 5.96. The van der Waals surface area contributed by atoms with Crippen LogP contribution in [0.1, 0.15) is 39.5 Å². The molecule has 1 N–H and O–H groups in total. The zero-order chi connectivity index (χ0) is 11.7. The van der Waals surface area contributed by atoms with Gasteiger partial charge >= 0.3 is 0 Å². The molecule has 16 heavy (non-hydrogen) atoms. The Labute approximate surface area is 96.4 Å². The lowest BCUT2D eigenvalue weighted by atomic mass is 10.1. The normalized spacial score (nSPS) is 30.5. The molecule has 0 aromatic rings. The molecule has 90 valence electrons. The van der Waals surface area contributed by atoms with Gasteiger partial charge in [-0.1, -0.05) is 19.8 Å². The van der Waals surface area contributed by atoms with E-state index in [9.17, 15) is 9.59 Å². The standard InChI is InChI=1S/C12H20N2O2/c1-3-10-12(16)14(7-6-9-4-5-9)8(2)11(15)13-10/h8-10H,3-7H2,1-2H3,(H,13,15). The third kappa shape index (κ3) is 2.20. The van der Waals surface area contributed by atoms with Gasteiger partial charge in [-0.05, 0) is 25.7 Å². The fraction of sp³-hybridized carbons (Fsp3) is 0.833. The number of amides is 2. The van der Waals surface area contributed by atoms with Crippen LogP contribution in [0.25, 0.3) is 0 Å². The molecule has 2 aliphatic rings. The summed E-state index contributed by atoms with van der Waals surface area (Å²) in [5, 5.41) is 2.77. The van der Waals surface area contributed by atoms with Gasteiger partial charge in [-0.2, -0.15) is 0 Å². The third-order valence-electron chi connectivity index (χ3n) is 3.63. The molecule has 2 rings (SSSR count). The van der Waals surface area contributed by atoms with E-state index >= 15 is 0 Å². The van der Waals surface area contributed by atoms with E-state index < -0.39 is 0 Å². The molecule has 0 radical (unpaired) electrons. The molecule has 1 saturated carbocycles. The summed E-state index contributed by atoms with van der Waals surface area (Å²) in [6.45, 7) is 4.48. The summed E-state index contributed by atoms with van der Waals surface area (Å²) in [5.74, 6) is 0.877. The van der Waals surface area contributed by atoms with Gasteiger partial charge in [0, 0.05) is 6.54 Å². The van der Waals surface area contributed by atoms with Crippen molar-refractivity contribution < 1.29 is 9.59 Å². The first-order valence-corrected chi connectivity index (χ1v) is 6.24. The number of nitrogens with one attached hydrogen (secondary N) is 1. The fourth-order valence-electron chi connectivity index (χ4n) is 2.20. The molecule has 4 nitrogen and oxygen atoms in total. The molecule has 1 aliphatic carbocycles. The minimum Gasteiger partial charge on any atom is -0.343 e. The van der Waals surface area contributed by atoms with Gasteiger partial charge in [0.1, 0.15) is 12.1 Å². The lowest BCUT2D eigenvalue weighted by Crippen LogP contribution is -2.62. The quantitative estimate of drug-likeness (QED) is 0.771. The molecule has 1 saturated heterocycles. The molecule has 4 heteroatoms. The lowest BCUT2D eigenvalue weighted by Gasteiger charge is -2.37. The first-order valence-electron chi connectivity index (χ1n) is 6.24. The van der Waals surface area contributed by atoms with Crippen molar-refractivity contribution in [3.05, 3.63) is 0 Å². The summed E-state index contributed by atoms with van der Waals surface area (Å²) in [6.07, 6.45) is 4.32. The van der Waals surface area contributed by atoms with Crippen LogP contribution in [-0.2, 0) is 9.59 Å². The molecule has 2 amide bonds. The van der Waals surface area contributed by atoms with E-state index in [-0.39, 0.29) is 23.9 Å². The zero-order valence-electron chi connectivity index (χ0n) is 10.0. The monoisotopic (exact) mass is 224 g/mol. The van der Waals surface area contributed by atoms with E-state index in [0.717, 1.165) is 18.9 Å². The van der Waals surface area contributed by atoms with E-state index in [1.165, 1.54) is 12.8 Å². The van der Waals surface area contributed by atoms with Crippen molar-refractivity contribution in [3.63, 3.8) is 0 Å². The van der Waals surface area contributed by atoms with E-state index in [2.05, 4.69) is 5.32 Å². The summed E-state index contributed by atoms with van der Waals surface area (Å²) >= 11 is 0. The van der Waals surface area contributed by atoms with Crippen molar-refractivity contribution >= 4 is 11.8 Å². The number of rotatable bonds is 4. The van der Waals surface area contributed by atoms with Gasteiger partial charge in [-0.3, -0.25) is 9.59 Å². The van der Waals surface area contributed by atoms with Crippen LogP contribution in [0.2, 0.25) is 0 Å². The average Bonchev–Trinajstić information content (AvgIpc) is 3.07. The van der Waals surface area contributed by atoms with E-state index in [1.807, 2.05) is 13.8 Å². The summed E-state index contributed by atoms with van der Waals surface area (Å²) in [7, 11) is 0. The average molecular weight is 224 g/mol. The van der Waals surface area contributed by atoms with Crippen molar-refractivity contribution in [1.82, 2.24) is 10.2 Å². The molecule has 1 aliphatic heterocycles. The van der Waals surface area contributed by atoms with Crippen molar-refractivity contribution in [2.45, 2.75) is 51.6 Å². The molecule has 1 heterocycles. The second-order valence-electron chi connectivity index (χ2n) is 4.91. The van der Waals surface area contributed by atoms with Crippen LogP contribution in [0.4, 0.5) is 0 Å². The van der Waals surface area contributed by atoms with Crippen LogP contribution >= 0.6 is 0 Å². The number of carbonyl (C=O) groups is 2. The Hall–Kier alpha value is -1.06. The highest BCUT2D eigenvalue weighted by Gasteiger charge is 2.37. The molecule has 2 atom stereocenters. The largest absolute Gasteiger partial charge is 0.343 e. The Bertz CT molecular complexity index is 299. The Morgan fingerprint density at radius 1 is 1.38 bits per heavy atom. The maximum atomic E-state index is 12.1. The van der Waals surface area contributed by atoms with Crippen molar-refractivity contribution in [2.24, 2.45) is 5.92 Å². The van der Waals surface area contributed by atoms with Crippen LogP contribution in [0.5, 0.6) is 0 Å². The summed E-state index contributed by atoms with van der Waals surface area (Å²) < 4.78 is 0. The highest BCUT2D eigenvalue weighted by Crippen LogP contribution is 2.32. The molecule has 0 aromatic carbocycles. The summed E-state index contributed by atoms with van der Waals surface area (Å²) in [6, 6.07) is -0.600. The van der Waals surface area contributed by atoms with E-state index in [1.54, 1.807) is 4.90 Å². The number of hydrogen-bond donors (Lipinski definition) is 1. The zero-order valence-corrected chi connectivity index (χ0v) is 10.0. The third-order valence-corrected chi connectivity index (χ3v) is 3.63. The van der Waals surface area contributed by atoms with Crippen LogP contribution in [0.3, 0.4) is 0 Å². The molecular formula is C12H20N2O2. The minimum absolute atomic E-state index is 0.0118. The van der Waals surface area contributed by atoms with Gasteiger partial charge in [0.2, 0.25) is 11.8 Å². The molecular weight excluding hydrogens is 204 g/mol. The number of carbonyl (C=O) groups excluding carboxylic acids is 2. The number of hydrogen-bond acceptors (Lipinski definition) is 2. The van der Waals surface area contributed by atoms with Crippen molar-refractivity contribution in [2.75, 3.05) is 6.54 Å². The van der Waals surface area contributed by atoms with E-state index in [0.29, 0.717) is 6.42 Å². The highest BCUT2D eigenvalue weighted by atomic mass is 16.2. The second kappa shape index (κ2) is 4.44. The first-order chi connectivity index (χ1) is 7.63. The SMILES string of the molecule is CCC1NC(=O)C(C)N(CCC2CC2)C1=O. The Morgan fingerprint density at radius 2 is 2.06 bits per heavy atom. The van der Waals surface area contributed by atoms with Crippen LogP contribution in [0, 0.1) is 5.92 Å². The number of nitrogens with zero attached hydrogens (tertiary/aromatic N) is 1. The Morgan fingerprint density at radius 3 is 2.62 bits per heavy atom. The van der Waals surface area contributed by atoms with Crippen LogP contribution in [-0.4, -0.2) is 35.3 Å². The lowest BCUT2D eigenvalue weighted by molar-refractivity contribution is -0.148. The van der Waals surface area contributed by atoms with Gasteiger partial charge in [0.25, 0.3) is 0 Å².